The number of carbonyl (C=O) groups excluding carboxylic acids is 1. The third-order valence-corrected chi connectivity index (χ3v) is 3.00. The maximum absolute atomic E-state index is 11.7. The number of benzene rings is 1. The Kier molecular flexibility index (Phi) is 6.76. The fourth-order valence-corrected chi connectivity index (χ4v) is 1.89. The maximum atomic E-state index is 11.7. The van der Waals surface area contributed by atoms with Crippen LogP contribution in [0.25, 0.3) is 5.69 Å². The number of ether oxygens (including phenoxy) is 2. The molecule has 0 aliphatic rings. The first-order valence-electron chi connectivity index (χ1n) is 7.85. The molecule has 0 atom stereocenters. The molecule has 1 amide bonds. The van der Waals surface area contributed by atoms with Crippen molar-refractivity contribution in [2.45, 2.75) is 20.3 Å². The summed E-state index contributed by atoms with van der Waals surface area (Å²) in [5, 5.41) is 4.72. The molecule has 24 heavy (non-hydrogen) atoms. The van der Waals surface area contributed by atoms with E-state index in [9.17, 15) is 4.79 Å². The van der Waals surface area contributed by atoms with E-state index in [1.807, 2.05) is 44.2 Å². The highest BCUT2D eigenvalue weighted by Gasteiger charge is 2.06. The molecule has 0 saturated carbocycles. The Labute approximate surface area is 141 Å². The highest BCUT2D eigenvalue weighted by atomic mass is 16.5. The molecule has 0 radical (unpaired) electrons. The molecule has 126 valence electrons. The predicted octanol–water partition coefficient (Wildman–Crippen LogP) is 3.27. The Morgan fingerprint density at radius 1 is 1.33 bits per heavy atom. The van der Waals surface area contributed by atoms with Crippen LogP contribution >= 0.6 is 0 Å². The summed E-state index contributed by atoms with van der Waals surface area (Å²) in [6.45, 7) is 4.62. The van der Waals surface area contributed by atoms with Crippen LogP contribution in [0.5, 0.6) is 5.88 Å². The number of para-hydroxylation sites is 1. The van der Waals surface area contributed by atoms with E-state index in [2.05, 4.69) is 10.1 Å². The second kappa shape index (κ2) is 9.29. The Morgan fingerprint density at radius 3 is 2.83 bits per heavy atom. The van der Waals surface area contributed by atoms with E-state index < -0.39 is 6.09 Å². The van der Waals surface area contributed by atoms with Crippen LogP contribution < -0.4 is 10.1 Å². The molecule has 0 spiro atoms. The Morgan fingerprint density at radius 2 is 2.12 bits per heavy atom. The zero-order valence-electron chi connectivity index (χ0n) is 13.9. The van der Waals surface area contributed by atoms with Gasteiger partial charge in [-0.1, -0.05) is 37.3 Å². The zero-order chi connectivity index (χ0) is 17.2. The topological polar surface area (TPSA) is 65.7 Å². The van der Waals surface area contributed by atoms with Crippen LogP contribution in [0.1, 0.15) is 20.3 Å². The van der Waals surface area contributed by atoms with Crippen LogP contribution in [0.4, 0.5) is 4.79 Å². The van der Waals surface area contributed by atoms with Gasteiger partial charge in [-0.25, -0.2) is 9.48 Å². The predicted molar refractivity (Wildman–Crippen MR) is 91.1 cm³/mol. The van der Waals surface area contributed by atoms with Gasteiger partial charge in [0.05, 0.1) is 23.8 Å². The molecule has 0 aliphatic heterocycles. The number of allylic oxidation sites excluding steroid dienone is 1. The van der Waals surface area contributed by atoms with Crippen molar-refractivity contribution in [3.63, 3.8) is 0 Å². The molecule has 6 heteroatoms. The normalized spacial score (nSPS) is 11.7. The summed E-state index contributed by atoms with van der Waals surface area (Å²) in [4.78, 5) is 15.6. The van der Waals surface area contributed by atoms with E-state index in [4.69, 9.17) is 9.47 Å². The summed E-state index contributed by atoms with van der Waals surface area (Å²) in [5.74, 6) is 0.519. The average molecular weight is 327 g/mol. The van der Waals surface area contributed by atoms with Crippen LogP contribution in [-0.2, 0) is 4.74 Å². The van der Waals surface area contributed by atoms with Gasteiger partial charge in [0.2, 0.25) is 5.88 Å². The van der Waals surface area contributed by atoms with E-state index in [-0.39, 0.29) is 6.61 Å². The quantitative estimate of drug-likeness (QED) is 0.764. The molecule has 0 unspecified atom stereocenters. The lowest BCUT2D eigenvalue weighted by Crippen LogP contribution is -2.16. The minimum atomic E-state index is -0.659. The van der Waals surface area contributed by atoms with Gasteiger partial charge < -0.3 is 9.47 Å². The van der Waals surface area contributed by atoms with Gasteiger partial charge in [0.1, 0.15) is 6.61 Å². The molecule has 6 nitrogen and oxygen atoms in total. The first-order valence-corrected chi connectivity index (χ1v) is 7.85. The molecule has 0 aliphatic carbocycles. The van der Waals surface area contributed by atoms with Crippen molar-refractivity contribution in [1.29, 1.82) is 0 Å². The number of nitrogens with zero attached hydrogens (tertiary/aromatic N) is 3. The average Bonchev–Trinajstić information content (AvgIpc) is 2.61. The lowest BCUT2D eigenvalue weighted by molar-refractivity contribution is 0.168. The SMILES string of the molecule is C/C=C/COC(=O)N=c1cnn(-c2ccccc2)c(OCCC)c1. The molecule has 0 fully saturated rings. The molecule has 2 aromatic rings. The van der Waals surface area contributed by atoms with E-state index in [1.165, 1.54) is 6.20 Å². The molecule has 0 saturated heterocycles. The molecular weight excluding hydrogens is 306 g/mol. The number of aromatic nitrogens is 2. The van der Waals surface area contributed by atoms with Crippen LogP contribution in [0.15, 0.2) is 59.7 Å². The van der Waals surface area contributed by atoms with Gasteiger partial charge in [-0.3, -0.25) is 0 Å². The summed E-state index contributed by atoms with van der Waals surface area (Å²) in [6, 6.07) is 11.3. The number of hydrogen-bond donors (Lipinski definition) is 0. The monoisotopic (exact) mass is 327 g/mol. The molecule has 0 bridgehead atoms. The molecule has 1 aromatic heterocycles. The summed E-state index contributed by atoms with van der Waals surface area (Å²) in [7, 11) is 0. The molecule has 1 aromatic carbocycles. The Bertz CT molecular complexity index is 752. The van der Waals surface area contributed by atoms with Gasteiger partial charge in [-0.05, 0) is 25.5 Å². The minimum absolute atomic E-state index is 0.197. The lowest BCUT2D eigenvalue weighted by Gasteiger charge is -2.12. The summed E-state index contributed by atoms with van der Waals surface area (Å²) in [6.07, 6.45) is 5.24. The fourth-order valence-electron chi connectivity index (χ4n) is 1.89. The molecule has 0 N–H and O–H groups in total. The Hall–Kier alpha value is -2.89. The van der Waals surface area contributed by atoms with Crippen LogP contribution in [0.2, 0.25) is 0 Å². The third-order valence-electron chi connectivity index (χ3n) is 3.00. The van der Waals surface area contributed by atoms with E-state index in [1.54, 1.807) is 22.9 Å². The highest BCUT2D eigenvalue weighted by Crippen LogP contribution is 2.14. The van der Waals surface area contributed by atoms with Crippen molar-refractivity contribution in [1.82, 2.24) is 9.78 Å². The maximum Gasteiger partial charge on any atom is 0.434 e. The lowest BCUT2D eigenvalue weighted by atomic mass is 10.3. The highest BCUT2D eigenvalue weighted by molar-refractivity contribution is 5.68. The largest absolute Gasteiger partial charge is 0.478 e. The van der Waals surface area contributed by atoms with Crippen LogP contribution in [0, 0.1) is 0 Å². The number of amides is 1. The van der Waals surface area contributed by atoms with E-state index in [0.29, 0.717) is 17.8 Å². The summed E-state index contributed by atoms with van der Waals surface area (Å²) >= 11 is 0. The zero-order valence-corrected chi connectivity index (χ0v) is 13.9. The van der Waals surface area contributed by atoms with Crippen molar-refractivity contribution < 1.29 is 14.3 Å². The molecule has 2 rings (SSSR count). The van der Waals surface area contributed by atoms with Crippen molar-refractivity contribution in [2.24, 2.45) is 4.99 Å². The first kappa shape index (κ1) is 17.5. The third kappa shape index (κ3) is 5.08. The minimum Gasteiger partial charge on any atom is -0.478 e. The molecular formula is C18H21N3O3. The van der Waals surface area contributed by atoms with Gasteiger partial charge in [-0.2, -0.15) is 10.1 Å². The van der Waals surface area contributed by atoms with Gasteiger partial charge >= 0.3 is 6.09 Å². The van der Waals surface area contributed by atoms with E-state index in [0.717, 1.165) is 12.1 Å². The van der Waals surface area contributed by atoms with Gasteiger partial charge in [0.15, 0.2) is 0 Å². The smallest absolute Gasteiger partial charge is 0.434 e. The molecule has 1 heterocycles. The second-order valence-corrected chi connectivity index (χ2v) is 4.91. The van der Waals surface area contributed by atoms with Gasteiger partial charge in [0.25, 0.3) is 0 Å². The second-order valence-electron chi connectivity index (χ2n) is 4.91. The first-order chi connectivity index (χ1) is 11.7. The standard InChI is InChI=1S/C18H21N3O3/c1-3-5-12-24-18(22)20-15-13-17(23-11-4-2)21(19-14-15)16-9-7-6-8-10-16/h3,5-10,13-14H,4,11-12H2,1-2H3/b5-3+,20-15?. The number of carbonyl (C=O) groups is 1. The summed E-state index contributed by atoms with van der Waals surface area (Å²) < 4.78 is 12.4. The number of rotatable bonds is 6. The van der Waals surface area contributed by atoms with Crippen molar-refractivity contribution in [2.75, 3.05) is 13.2 Å². The fraction of sp³-hybridized carbons (Fsp3) is 0.278. The number of hydrogen-bond acceptors (Lipinski definition) is 4. The van der Waals surface area contributed by atoms with Crippen molar-refractivity contribution in [3.8, 4) is 11.6 Å². The van der Waals surface area contributed by atoms with Gasteiger partial charge in [0, 0.05) is 6.07 Å². The van der Waals surface area contributed by atoms with Crippen molar-refractivity contribution >= 4 is 6.09 Å². The van der Waals surface area contributed by atoms with Crippen LogP contribution in [0.3, 0.4) is 0 Å². The van der Waals surface area contributed by atoms with Crippen molar-refractivity contribution in [3.05, 3.63) is 60.1 Å². The van der Waals surface area contributed by atoms with Crippen LogP contribution in [-0.4, -0.2) is 29.1 Å². The van der Waals surface area contributed by atoms with Gasteiger partial charge in [-0.15, -0.1) is 0 Å². The van der Waals surface area contributed by atoms with E-state index >= 15 is 0 Å². The summed E-state index contributed by atoms with van der Waals surface area (Å²) in [5.41, 5.74) is 0.866. The Balaban J connectivity index is 2.30.